The van der Waals surface area contributed by atoms with Gasteiger partial charge in [0.2, 0.25) is 0 Å². The van der Waals surface area contributed by atoms with Crippen LogP contribution in [0.3, 0.4) is 0 Å². The van der Waals surface area contributed by atoms with E-state index in [0.717, 1.165) is 34.2 Å². The molecule has 1 amide bonds. The molecule has 1 N–H and O–H groups in total. The zero-order valence-corrected chi connectivity index (χ0v) is 14.4. The molecule has 122 valence electrons. The predicted octanol–water partition coefficient (Wildman–Crippen LogP) is 3.76. The Bertz CT molecular complexity index is 643. The van der Waals surface area contributed by atoms with E-state index in [9.17, 15) is 4.79 Å². The lowest BCUT2D eigenvalue weighted by molar-refractivity contribution is 0.0955. The molecule has 5 heteroatoms. The van der Waals surface area contributed by atoms with E-state index in [1.807, 2.05) is 25.3 Å². The third-order valence-corrected chi connectivity index (χ3v) is 5.16. The van der Waals surface area contributed by atoms with Crippen LogP contribution in [0.1, 0.15) is 45.8 Å². The van der Waals surface area contributed by atoms with Gasteiger partial charge in [-0.2, -0.15) is 0 Å². The van der Waals surface area contributed by atoms with Gasteiger partial charge in [0.05, 0.1) is 4.88 Å². The lowest BCUT2D eigenvalue weighted by Crippen LogP contribution is -2.25. The molecule has 3 heterocycles. The van der Waals surface area contributed by atoms with Gasteiger partial charge >= 0.3 is 0 Å². The summed E-state index contributed by atoms with van der Waals surface area (Å²) in [6.45, 7) is 4.72. The summed E-state index contributed by atoms with van der Waals surface area (Å²) in [4.78, 5) is 20.9. The van der Waals surface area contributed by atoms with Crippen molar-refractivity contribution in [2.24, 2.45) is 0 Å². The summed E-state index contributed by atoms with van der Waals surface area (Å²) in [5.74, 6) is 1.04. The van der Waals surface area contributed by atoms with Crippen LogP contribution >= 0.6 is 11.3 Å². The van der Waals surface area contributed by atoms with Crippen LogP contribution in [0.4, 0.5) is 5.82 Å². The van der Waals surface area contributed by atoms with E-state index < -0.39 is 0 Å². The average molecular weight is 329 g/mol. The van der Waals surface area contributed by atoms with Gasteiger partial charge < -0.3 is 10.2 Å². The summed E-state index contributed by atoms with van der Waals surface area (Å²) in [7, 11) is 0. The number of nitrogens with one attached hydrogen (secondary N) is 1. The molecule has 0 aliphatic carbocycles. The maximum Gasteiger partial charge on any atom is 0.261 e. The van der Waals surface area contributed by atoms with E-state index in [-0.39, 0.29) is 5.91 Å². The van der Waals surface area contributed by atoms with Crippen LogP contribution in [0.2, 0.25) is 0 Å². The lowest BCUT2D eigenvalue weighted by atomic mass is 10.2. The van der Waals surface area contributed by atoms with Gasteiger partial charge in [-0.3, -0.25) is 4.79 Å². The minimum atomic E-state index is -0.0142. The number of aryl methyl sites for hydroxylation is 1. The molecule has 0 aromatic carbocycles. The van der Waals surface area contributed by atoms with Crippen molar-refractivity contribution in [1.82, 2.24) is 10.3 Å². The Kier molecular flexibility index (Phi) is 5.28. The molecule has 1 aliphatic rings. The number of pyridine rings is 1. The fraction of sp³-hybridized carbons (Fsp3) is 0.444. The predicted molar refractivity (Wildman–Crippen MR) is 95.1 cm³/mol. The van der Waals surface area contributed by atoms with Crippen LogP contribution in [0.25, 0.3) is 0 Å². The van der Waals surface area contributed by atoms with Gasteiger partial charge in [-0.15, -0.1) is 11.3 Å². The normalized spacial score (nSPS) is 15.3. The topological polar surface area (TPSA) is 45.2 Å². The molecule has 4 nitrogen and oxygen atoms in total. The molecule has 1 saturated heterocycles. The number of thiophene rings is 1. The van der Waals surface area contributed by atoms with Gasteiger partial charge in [-0.25, -0.2) is 4.98 Å². The summed E-state index contributed by atoms with van der Waals surface area (Å²) < 4.78 is 0. The van der Waals surface area contributed by atoms with Crippen LogP contribution in [0.5, 0.6) is 0 Å². The Morgan fingerprint density at radius 2 is 1.96 bits per heavy atom. The van der Waals surface area contributed by atoms with Crippen LogP contribution in [-0.4, -0.2) is 24.0 Å². The van der Waals surface area contributed by atoms with E-state index in [2.05, 4.69) is 27.3 Å². The maximum atomic E-state index is 12.1. The van der Waals surface area contributed by atoms with Gasteiger partial charge in [0.15, 0.2) is 0 Å². The van der Waals surface area contributed by atoms with E-state index in [1.54, 1.807) is 0 Å². The van der Waals surface area contributed by atoms with Crippen molar-refractivity contribution in [3.05, 3.63) is 45.8 Å². The van der Waals surface area contributed by atoms with Crippen molar-refractivity contribution < 1.29 is 4.79 Å². The first kappa shape index (κ1) is 16.0. The molecule has 0 unspecified atom stereocenters. The SMILES string of the molecule is Cc1ccc(C(=O)NCc2ccc(N3CCCCCC3)nc2)s1. The molecule has 3 rings (SSSR count). The Labute approximate surface area is 141 Å². The standard InChI is InChI=1S/C18H23N3OS/c1-14-6-8-16(23-14)18(22)20-13-15-7-9-17(19-12-15)21-10-4-2-3-5-11-21/h6-9,12H,2-5,10-11,13H2,1H3,(H,20,22). The molecule has 2 aromatic heterocycles. The van der Waals surface area contributed by atoms with Crippen molar-refractivity contribution in [3.63, 3.8) is 0 Å². The number of rotatable bonds is 4. The number of carbonyl (C=O) groups excluding carboxylic acids is 1. The summed E-state index contributed by atoms with van der Waals surface area (Å²) in [5, 5.41) is 2.96. The summed E-state index contributed by atoms with van der Waals surface area (Å²) in [5.41, 5.74) is 1.03. The Hall–Kier alpha value is -1.88. The first-order valence-electron chi connectivity index (χ1n) is 8.27. The highest BCUT2D eigenvalue weighted by molar-refractivity contribution is 7.13. The summed E-state index contributed by atoms with van der Waals surface area (Å²) >= 11 is 1.52. The molecule has 0 atom stereocenters. The smallest absolute Gasteiger partial charge is 0.261 e. The third-order valence-electron chi connectivity index (χ3n) is 4.16. The Morgan fingerprint density at radius 1 is 1.17 bits per heavy atom. The monoisotopic (exact) mass is 329 g/mol. The molecule has 0 saturated carbocycles. The third kappa shape index (κ3) is 4.32. The first-order valence-corrected chi connectivity index (χ1v) is 9.08. The molecule has 0 spiro atoms. The second kappa shape index (κ2) is 7.59. The number of nitrogens with zero attached hydrogens (tertiary/aromatic N) is 2. The molecule has 1 aliphatic heterocycles. The van der Waals surface area contributed by atoms with Crippen molar-refractivity contribution in [2.45, 2.75) is 39.2 Å². The molecule has 2 aromatic rings. The fourth-order valence-electron chi connectivity index (χ4n) is 2.83. The van der Waals surface area contributed by atoms with Gasteiger partial charge in [0.25, 0.3) is 5.91 Å². The van der Waals surface area contributed by atoms with Crippen molar-refractivity contribution in [3.8, 4) is 0 Å². The Morgan fingerprint density at radius 3 is 2.57 bits per heavy atom. The zero-order valence-electron chi connectivity index (χ0n) is 13.5. The van der Waals surface area contributed by atoms with E-state index >= 15 is 0 Å². The fourth-order valence-corrected chi connectivity index (χ4v) is 3.62. The quantitative estimate of drug-likeness (QED) is 0.929. The minimum absolute atomic E-state index is 0.0142. The molecular formula is C18H23N3OS. The Balaban J connectivity index is 1.55. The van der Waals surface area contributed by atoms with Crippen LogP contribution in [0.15, 0.2) is 30.5 Å². The number of anilines is 1. The summed E-state index contributed by atoms with van der Waals surface area (Å²) in [6, 6.07) is 7.97. The minimum Gasteiger partial charge on any atom is -0.357 e. The highest BCUT2D eigenvalue weighted by Crippen LogP contribution is 2.18. The number of aromatic nitrogens is 1. The van der Waals surface area contributed by atoms with Gasteiger partial charge in [-0.05, 0) is 43.5 Å². The molecule has 1 fully saturated rings. The van der Waals surface area contributed by atoms with Gasteiger partial charge in [0.1, 0.15) is 5.82 Å². The van der Waals surface area contributed by atoms with E-state index in [4.69, 9.17) is 0 Å². The molecule has 0 radical (unpaired) electrons. The molecule has 23 heavy (non-hydrogen) atoms. The average Bonchev–Trinajstić information content (AvgIpc) is 2.84. The van der Waals surface area contributed by atoms with Gasteiger partial charge in [-0.1, -0.05) is 18.9 Å². The highest BCUT2D eigenvalue weighted by Gasteiger charge is 2.11. The van der Waals surface area contributed by atoms with Crippen LogP contribution in [-0.2, 0) is 6.54 Å². The number of hydrogen-bond donors (Lipinski definition) is 1. The van der Waals surface area contributed by atoms with E-state index in [1.165, 1.54) is 37.0 Å². The van der Waals surface area contributed by atoms with Crippen molar-refractivity contribution in [1.29, 1.82) is 0 Å². The van der Waals surface area contributed by atoms with E-state index in [0.29, 0.717) is 6.54 Å². The number of hydrogen-bond acceptors (Lipinski definition) is 4. The maximum absolute atomic E-state index is 12.1. The number of carbonyl (C=O) groups is 1. The van der Waals surface area contributed by atoms with Gasteiger partial charge in [0, 0.05) is 30.7 Å². The largest absolute Gasteiger partial charge is 0.357 e. The first-order chi connectivity index (χ1) is 11.2. The van der Waals surface area contributed by atoms with Crippen LogP contribution < -0.4 is 10.2 Å². The number of amides is 1. The van der Waals surface area contributed by atoms with Crippen molar-refractivity contribution in [2.75, 3.05) is 18.0 Å². The van der Waals surface area contributed by atoms with Crippen molar-refractivity contribution >= 4 is 23.1 Å². The summed E-state index contributed by atoms with van der Waals surface area (Å²) in [6.07, 6.45) is 7.02. The lowest BCUT2D eigenvalue weighted by Gasteiger charge is -2.21. The second-order valence-corrected chi connectivity index (χ2v) is 7.31. The molecule has 0 bridgehead atoms. The zero-order chi connectivity index (χ0) is 16.1. The highest BCUT2D eigenvalue weighted by atomic mass is 32.1. The van der Waals surface area contributed by atoms with Crippen LogP contribution in [0, 0.1) is 6.92 Å². The molecular weight excluding hydrogens is 306 g/mol. The second-order valence-electron chi connectivity index (χ2n) is 6.02.